The van der Waals surface area contributed by atoms with Crippen molar-refractivity contribution in [2.24, 2.45) is 0 Å². The number of nitro benzene ring substituents is 1. The minimum absolute atomic E-state index is 0.123. The number of hydrogen-bond donors (Lipinski definition) is 1. The number of hydrogen-bond acceptors (Lipinski definition) is 5. The maximum atomic E-state index is 12.5. The Morgan fingerprint density at radius 3 is 2.52 bits per heavy atom. The van der Waals surface area contributed by atoms with Crippen molar-refractivity contribution >= 4 is 17.3 Å². The van der Waals surface area contributed by atoms with Gasteiger partial charge in [0.15, 0.2) is 0 Å². The lowest BCUT2D eigenvalue weighted by molar-refractivity contribution is -0.384. The molecule has 7 nitrogen and oxygen atoms in total. The molecule has 1 unspecified atom stereocenters. The fourth-order valence-corrected chi connectivity index (χ4v) is 2.24. The Morgan fingerprint density at radius 1 is 1.30 bits per heavy atom. The van der Waals surface area contributed by atoms with E-state index in [9.17, 15) is 14.9 Å². The minimum Gasteiger partial charge on any atom is -0.464 e. The first-order chi connectivity index (χ1) is 10.8. The molecular formula is C16H19N3O4. The Balaban J connectivity index is 2.29. The van der Waals surface area contributed by atoms with Crippen LogP contribution in [0.25, 0.3) is 0 Å². The molecule has 1 atom stereocenters. The summed E-state index contributed by atoms with van der Waals surface area (Å²) in [4.78, 5) is 24.7. The van der Waals surface area contributed by atoms with Crippen molar-refractivity contribution in [1.82, 2.24) is 5.32 Å². The number of amides is 1. The van der Waals surface area contributed by atoms with E-state index in [4.69, 9.17) is 4.42 Å². The summed E-state index contributed by atoms with van der Waals surface area (Å²) in [5.74, 6) is 0.997. The summed E-state index contributed by atoms with van der Waals surface area (Å²) < 4.78 is 5.49. The Kier molecular flexibility index (Phi) is 4.68. The molecule has 2 aromatic rings. The average Bonchev–Trinajstić information content (AvgIpc) is 2.93. The van der Waals surface area contributed by atoms with Gasteiger partial charge in [0.1, 0.15) is 11.5 Å². The lowest BCUT2D eigenvalue weighted by Crippen LogP contribution is -2.28. The fourth-order valence-electron chi connectivity index (χ4n) is 2.24. The number of nitrogens with zero attached hydrogens (tertiary/aromatic N) is 2. The van der Waals surface area contributed by atoms with Gasteiger partial charge in [0.25, 0.3) is 11.6 Å². The van der Waals surface area contributed by atoms with Crippen molar-refractivity contribution in [3.05, 3.63) is 57.5 Å². The lowest BCUT2D eigenvalue weighted by atomic mass is 10.1. The van der Waals surface area contributed by atoms with Crippen LogP contribution in [-0.2, 0) is 0 Å². The van der Waals surface area contributed by atoms with Crippen molar-refractivity contribution in [2.45, 2.75) is 19.9 Å². The molecule has 1 heterocycles. The first kappa shape index (κ1) is 16.5. The smallest absolute Gasteiger partial charge is 0.270 e. The van der Waals surface area contributed by atoms with Gasteiger partial charge in [-0.15, -0.1) is 0 Å². The largest absolute Gasteiger partial charge is 0.464 e. The molecule has 0 radical (unpaired) electrons. The van der Waals surface area contributed by atoms with Crippen molar-refractivity contribution in [3.63, 3.8) is 0 Å². The number of non-ortho nitro benzene ring substituents is 1. The number of nitrogens with one attached hydrogen (secondary N) is 1. The maximum absolute atomic E-state index is 12.5. The summed E-state index contributed by atoms with van der Waals surface area (Å²) >= 11 is 0. The summed E-state index contributed by atoms with van der Waals surface area (Å²) in [5.41, 5.74) is 0.734. The molecule has 0 aliphatic rings. The van der Waals surface area contributed by atoms with Crippen LogP contribution in [0.5, 0.6) is 0 Å². The molecule has 7 heteroatoms. The molecule has 1 amide bonds. The van der Waals surface area contributed by atoms with E-state index in [2.05, 4.69) is 5.32 Å². The molecule has 122 valence electrons. The van der Waals surface area contributed by atoms with Crippen molar-refractivity contribution < 1.29 is 14.1 Å². The highest BCUT2D eigenvalue weighted by Crippen LogP contribution is 2.25. The quantitative estimate of drug-likeness (QED) is 0.676. The summed E-state index contributed by atoms with van der Waals surface area (Å²) in [6.45, 7) is 3.62. The second-order valence-electron chi connectivity index (χ2n) is 5.50. The highest BCUT2D eigenvalue weighted by molar-refractivity contribution is 6.00. The topological polar surface area (TPSA) is 88.6 Å². The number of benzene rings is 1. The van der Waals surface area contributed by atoms with Crippen LogP contribution in [0.2, 0.25) is 0 Å². The van der Waals surface area contributed by atoms with Gasteiger partial charge in [-0.2, -0.15) is 0 Å². The first-order valence-corrected chi connectivity index (χ1v) is 7.12. The second kappa shape index (κ2) is 6.51. The van der Waals surface area contributed by atoms with Crippen LogP contribution in [0, 0.1) is 17.0 Å². The minimum atomic E-state index is -0.518. The molecule has 0 aliphatic carbocycles. The van der Waals surface area contributed by atoms with Crippen LogP contribution >= 0.6 is 0 Å². The molecule has 0 aliphatic heterocycles. The molecule has 23 heavy (non-hydrogen) atoms. The molecule has 1 aromatic heterocycles. The third-order valence-corrected chi connectivity index (χ3v) is 3.45. The molecule has 1 N–H and O–H groups in total. The van der Waals surface area contributed by atoms with Gasteiger partial charge < -0.3 is 14.6 Å². The number of aryl methyl sites for hydroxylation is 1. The van der Waals surface area contributed by atoms with Crippen molar-refractivity contribution in [2.75, 3.05) is 19.0 Å². The van der Waals surface area contributed by atoms with Gasteiger partial charge in [0.05, 0.1) is 16.5 Å². The molecule has 0 fully saturated rings. The van der Waals surface area contributed by atoms with Crippen molar-refractivity contribution in [1.29, 1.82) is 0 Å². The van der Waals surface area contributed by atoms with Crippen LogP contribution < -0.4 is 10.2 Å². The Labute approximate surface area is 134 Å². The Hall–Kier alpha value is -2.83. The molecular weight excluding hydrogens is 298 g/mol. The number of rotatable bonds is 5. The van der Waals surface area contributed by atoms with E-state index < -0.39 is 4.92 Å². The van der Waals surface area contributed by atoms with Crippen molar-refractivity contribution in [3.8, 4) is 0 Å². The number of nitro groups is 1. The Bertz CT molecular complexity index is 737. The van der Waals surface area contributed by atoms with Gasteiger partial charge in [-0.05, 0) is 32.0 Å². The zero-order valence-corrected chi connectivity index (χ0v) is 13.5. The first-order valence-electron chi connectivity index (χ1n) is 7.12. The molecule has 0 saturated carbocycles. The van der Waals surface area contributed by atoms with Crippen LogP contribution in [0.3, 0.4) is 0 Å². The third-order valence-electron chi connectivity index (χ3n) is 3.45. The second-order valence-corrected chi connectivity index (χ2v) is 5.50. The highest BCUT2D eigenvalue weighted by atomic mass is 16.6. The number of carbonyl (C=O) groups excluding carboxylic acids is 1. The normalized spacial score (nSPS) is 11.8. The van der Waals surface area contributed by atoms with Gasteiger partial charge in [0, 0.05) is 31.9 Å². The predicted octanol–water partition coefficient (Wildman–Crippen LogP) is 3.05. The van der Waals surface area contributed by atoms with E-state index in [1.165, 1.54) is 12.1 Å². The standard InChI is InChI=1S/C16H19N3O4/c1-10-5-8-15(23-10)11(2)17-16(20)13-9-12(19(21)22)6-7-14(13)18(3)4/h5-9,11H,1-4H3,(H,17,20). The molecule has 0 saturated heterocycles. The van der Waals surface area contributed by atoms with Gasteiger partial charge >= 0.3 is 0 Å². The zero-order chi connectivity index (χ0) is 17.1. The summed E-state index contributed by atoms with van der Waals surface area (Å²) in [6, 6.07) is 7.49. The SMILES string of the molecule is Cc1ccc(C(C)NC(=O)c2cc([N+](=O)[O-])ccc2N(C)C)o1. The lowest BCUT2D eigenvalue weighted by Gasteiger charge is -2.18. The molecule has 0 spiro atoms. The average molecular weight is 317 g/mol. The van der Waals surface area contributed by atoms with E-state index >= 15 is 0 Å². The monoisotopic (exact) mass is 317 g/mol. The zero-order valence-electron chi connectivity index (χ0n) is 13.5. The van der Waals surface area contributed by atoms with Crippen LogP contribution in [0.4, 0.5) is 11.4 Å². The van der Waals surface area contributed by atoms with E-state index in [1.807, 2.05) is 13.0 Å². The van der Waals surface area contributed by atoms with Gasteiger partial charge in [-0.1, -0.05) is 0 Å². The maximum Gasteiger partial charge on any atom is 0.270 e. The predicted molar refractivity (Wildman–Crippen MR) is 86.7 cm³/mol. The van der Waals surface area contributed by atoms with E-state index in [0.717, 1.165) is 5.76 Å². The van der Waals surface area contributed by atoms with Gasteiger partial charge in [-0.3, -0.25) is 14.9 Å². The van der Waals surface area contributed by atoms with Gasteiger partial charge in [-0.25, -0.2) is 0 Å². The van der Waals surface area contributed by atoms with E-state index in [-0.39, 0.29) is 23.2 Å². The van der Waals surface area contributed by atoms with E-state index in [0.29, 0.717) is 11.4 Å². The van der Waals surface area contributed by atoms with E-state index in [1.54, 1.807) is 38.1 Å². The number of carbonyl (C=O) groups is 1. The van der Waals surface area contributed by atoms with Crippen LogP contribution in [-0.4, -0.2) is 24.9 Å². The third kappa shape index (κ3) is 3.68. The summed E-state index contributed by atoms with van der Waals surface area (Å²) in [7, 11) is 3.55. The molecule has 0 bridgehead atoms. The summed E-state index contributed by atoms with van der Waals surface area (Å²) in [5, 5.41) is 13.8. The number of anilines is 1. The molecule has 1 aromatic carbocycles. The molecule has 2 rings (SSSR count). The van der Waals surface area contributed by atoms with Crippen LogP contribution in [0.1, 0.15) is 34.8 Å². The highest BCUT2D eigenvalue weighted by Gasteiger charge is 2.20. The summed E-state index contributed by atoms with van der Waals surface area (Å²) in [6.07, 6.45) is 0. The van der Waals surface area contributed by atoms with Gasteiger partial charge in [0.2, 0.25) is 0 Å². The Morgan fingerprint density at radius 2 is 2.00 bits per heavy atom. The number of furan rings is 1. The van der Waals surface area contributed by atoms with Crippen LogP contribution in [0.15, 0.2) is 34.7 Å². The fraction of sp³-hybridized carbons (Fsp3) is 0.312.